The molecule has 0 unspecified atom stereocenters. The highest BCUT2D eigenvalue weighted by Gasteiger charge is 2.31. The number of aromatic nitrogens is 3. The molecule has 10 heteroatoms. The van der Waals surface area contributed by atoms with Crippen molar-refractivity contribution in [3.05, 3.63) is 65.2 Å². The summed E-state index contributed by atoms with van der Waals surface area (Å²) in [4.78, 5) is 8.48. The number of thiophene rings is 1. The van der Waals surface area contributed by atoms with Crippen LogP contribution in [0.3, 0.4) is 0 Å². The van der Waals surface area contributed by atoms with Crippen LogP contribution in [0.4, 0.5) is 23.4 Å². The number of nitrogens with one attached hydrogen (secondary N) is 1. The summed E-state index contributed by atoms with van der Waals surface area (Å²) >= 11 is 0.948. The summed E-state index contributed by atoms with van der Waals surface area (Å²) in [5.74, 6) is -0.145. The molecule has 0 spiro atoms. The standard InChI is InChI=1S/C20H13F4N5S/c21-19-13-3-1-2-4-15(13)29(16(19)9-25)6-5-26-18-8-14(27-11-28-18)17-7-12(10-30-17)20(22,23)24/h1-4,7-8,10-11H,5-6H2,(H,26,27,28). The van der Waals surface area contributed by atoms with Crippen molar-refractivity contribution >= 4 is 28.1 Å². The summed E-state index contributed by atoms with van der Waals surface area (Å²) in [6, 6.07) is 11.3. The summed E-state index contributed by atoms with van der Waals surface area (Å²) in [5, 5.41) is 13.8. The van der Waals surface area contributed by atoms with Crippen molar-refractivity contribution in [1.29, 1.82) is 5.26 Å². The van der Waals surface area contributed by atoms with Gasteiger partial charge in [-0.25, -0.2) is 14.4 Å². The van der Waals surface area contributed by atoms with E-state index in [0.29, 0.717) is 40.4 Å². The predicted octanol–water partition coefficient (Wildman–Crippen LogP) is 5.30. The fraction of sp³-hybridized carbons (Fsp3) is 0.150. The van der Waals surface area contributed by atoms with Gasteiger partial charge in [-0.15, -0.1) is 11.3 Å². The third-order valence-electron chi connectivity index (χ3n) is 4.50. The lowest BCUT2D eigenvalue weighted by atomic mass is 10.2. The molecule has 0 aliphatic carbocycles. The molecule has 0 radical (unpaired) electrons. The Kier molecular flexibility index (Phi) is 5.13. The molecule has 1 N–H and O–H groups in total. The molecule has 0 saturated heterocycles. The second-order valence-electron chi connectivity index (χ2n) is 6.36. The highest BCUT2D eigenvalue weighted by Crippen LogP contribution is 2.36. The molecular formula is C20H13F4N5S. The molecular weight excluding hydrogens is 418 g/mol. The number of nitrogens with zero attached hydrogens (tertiary/aromatic N) is 4. The molecule has 0 amide bonds. The van der Waals surface area contributed by atoms with E-state index in [1.54, 1.807) is 34.9 Å². The molecule has 1 aromatic carbocycles. The van der Waals surface area contributed by atoms with Gasteiger partial charge in [0.05, 0.1) is 21.7 Å². The highest BCUT2D eigenvalue weighted by molar-refractivity contribution is 7.13. The summed E-state index contributed by atoms with van der Waals surface area (Å²) in [6.07, 6.45) is -3.15. The van der Waals surface area contributed by atoms with Gasteiger partial charge in [0.2, 0.25) is 0 Å². The lowest BCUT2D eigenvalue weighted by Crippen LogP contribution is -2.12. The fourth-order valence-corrected chi connectivity index (χ4v) is 3.99. The van der Waals surface area contributed by atoms with Gasteiger partial charge in [0.25, 0.3) is 0 Å². The van der Waals surface area contributed by atoms with E-state index in [0.717, 1.165) is 22.8 Å². The maximum Gasteiger partial charge on any atom is 0.417 e. The van der Waals surface area contributed by atoms with Crippen molar-refractivity contribution in [2.45, 2.75) is 12.7 Å². The normalized spacial score (nSPS) is 11.6. The van der Waals surface area contributed by atoms with Crippen LogP contribution in [0.25, 0.3) is 21.5 Å². The Morgan fingerprint density at radius 2 is 1.97 bits per heavy atom. The number of halogens is 4. The zero-order valence-electron chi connectivity index (χ0n) is 15.2. The monoisotopic (exact) mass is 431 g/mol. The van der Waals surface area contributed by atoms with E-state index < -0.39 is 17.6 Å². The van der Waals surface area contributed by atoms with Gasteiger partial charge >= 0.3 is 6.18 Å². The van der Waals surface area contributed by atoms with Crippen LogP contribution in [0, 0.1) is 17.1 Å². The average Bonchev–Trinajstić information content (AvgIpc) is 3.33. The second kappa shape index (κ2) is 7.76. The first-order valence-corrected chi connectivity index (χ1v) is 9.65. The summed E-state index contributed by atoms with van der Waals surface area (Å²) in [7, 11) is 0. The minimum Gasteiger partial charge on any atom is -0.368 e. The molecule has 0 bridgehead atoms. The second-order valence-corrected chi connectivity index (χ2v) is 7.27. The maximum absolute atomic E-state index is 14.4. The van der Waals surface area contributed by atoms with Crippen LogP contribution in [0.1, 0.15) is 11.3 Å². The number of alkyl halides is 3. The number of rotatable bonds is 5. The lowest BCUT2D eigenvalue weighted by molar-refractivity contribution is -0.137. The summed E-state index contributed by atoms with van der Waals surface area (Å²) in [5.41, 5.74) is 0.193. The van der Waals surface area contributed by atoms with Gasteiger partial charge in [-0.2, -0.15) is 18.4 Å². The van der Waals surface area contributed by atoms with Crippen LogP contribution >= 0.6 is 11.3 Å². The van der Waals surface area contributed by atoms with Crippen molar-refractivity contribution in [2.75, 3.05) is 11.9 Å². The number of benzene rings is 1. The number of para-hydroxylation sites is 1. The van der Waals surface area contributed by atoms with Crippen LogP contribution in [0.5, 0.6) is 0 Å². The number of nitriles is 1. The van der Waals surface area contributed by atoms with Crippen LogP contribution in [0.2, 0.25) is 0 Å². The lowest BCUT2D eigenvalue weighted by Gasteiger charge is -2.09. The minimum absolute atomic E-state index is 0.0559. The third-order valence-corrected chi connectivity index (χ3v) is 5.46. The fourth-order valence-electron chi connectivity index (χ4n) is 3.11. The topological polar surface area (TPSA) is 66.5 Å². The van der Waals surface area contributed by atoms with Gasteiger partial charge in [0, 0.05) is 29.9 Å². The molecule has 4 aromatic rings. The number of anilines is 1. The van der Waals surface area contributed by atoms with Crippen molar-refractivity contribution < 1.29 is 17.6 Å². The summed E-state index contributed by atoms with van der Waals surface area (Å²) in [6.45, 7) is 0.616. The van der Waals surface area contributed by atoms with Crippen molar-refractivity contribution in [3.63, 3.8) is 0 Å². The minimum atomic E-state index is -4.41. The molecule has 30 heavy (non-hydrogen) atoms. The average molecular weight is 431 g/mol. The van der Waals surface area contributed by atoms with Crippen LogP contribution < -0.4 is 5.32 Å². The zero-order chi connectivity index (χ0) is 21.3. The predicted molar refractivity (Wildman–Crippen MR) is 105 cm³/mol. The molecule has 4 rings (SSSR count). The van der Waals surface area contributed by atoms with E-state index in [2.05, 4.69) is 15.3 Å². The van der Waals surface area contributed by atoms with Crippen LogP contribution in [-0.4, -0.2) is 21.1 Å². The van der Waals surface area contributed by atoms with Gasteiger partial charge in [0.15, 0.2) is 11.5 Å². The molecule has 0 fully saturated rings. The Morgan fingerprint density at radius 3 is 2.70 bits per heavy atom. The quantitative estimate of drug-likeness (QED) is 0.436. The Bertz CT molecular complexity index is 1250. The van der Waals surface area contributed by atoms with E-state index >= 15 is 0 Å². The molecule has 152 valence electrons. The SMILES string of the molecule is N#Cc1c(F)c2ccccc2n1CCNc1cc(-c2cc(C(F)(F)F)cs2)ncn1. The summed E-state index contributed by atoms with van der Waals surface area (Å²) < 4.78 is 54.4. The third kappa shape index (κ3) is 3.71. The molecule has 0 saturated carbocycles. The first-order chi connectivity index (χ1) is 14.4. The molecule has 5 nitrogen and oxygen atoms in total. The largest absolute Gasteiger partial charge is 0.417 e. The van der Waals surface area contributed by atoms with E-state index in [9.17, 15) is 22.8 Å². The Labute approximate surface area is 172 Å². The molecule has 3 heterocycles. The van der Waals surface area contributed by atoms with E-state index in [1.165, 1.54) is 6.33 Å². The van der Waals surface area contributed by atoms with Gasteiger partial charge in [-0.3, -0.25) is 0 Å². The molecule has 0 atom stereocenters. The number of hydrogen-bond acceptors (Lipinski definition) is 5. The van der Waals surface area contributed by atoms with E-state index in [4.69, 9.17) is 0 Å². The van der Waals surface area contributed by atoms with Gasteiger partial charge in [0.1, 0.15) is 18.2 Å². The smallest absolute Gasteiger partial charge is 0.368 e. The maximum atomic E-state index is 14.4. The first-order valence-electron chi connectivity index (χ1n) is 8.77. The van der Waals surface area contributed by atoms with E-state index in [-0.39, 0.29) is 5.69 Å². The molecule has 0 aliphatic rings. The Morgan fingerprint density at radius 1 is 1.17 bits per heavy atom. The van der Waals surface area contributed by atoms with Gasteiger partial charge < -0.3 is 9.88 Å². The van der Waals surface area contributed by atoms with E-state index in [1.807, 2.05) is 6.07 Å². The molecule has 0 aliphatic heterocycles. The molecule has 3 aromatic heterocycles. The van der Waals surface area contributed by atoms with Crippen molar-refractivity contribution in [3.8, 4) is 16.6 Å². The van der Waals surface area contributed by atoms with Gasteiger partial charge in [-0.05, 0) is 18.2 Å². The van der Waals surface area contributed by atoms with Gasteiger partial charge in [-0.1, -0.05) is 12.1 Å². The van der Waals surface area contributed by atoms with Crippen LogP contribution in [-0.2, 0) is 12.7 Å². The zero-order valence-corrected chi connectivity index (χ0v) is 16.1. The van der Waals surface area contributed by atoms with Crippen LogP contribution in [0.15, 0.2) is 48.1 Å². The number of fused-ring (bicyclic) bond motifs is 1. The van der Waals surface area contributed by atoms with Crippen molar-refractivity contribution in [2.24, 2.45) is 0 Å². The Hall–Kier alpha value is -3.45. The highest BCUT2D eigenvalue weighted by atomic mass is 32.1. The Balaban J connectivity index is 1.51. The first kappa shape index (κ1) is 19.8. The number of hydrogen-bond donors (Lipinski definition) is 1. The van der Waals surface area contributed by atoms with Crippen molar-refractivity contribution in [1.82, 2.24) is 14.5 Å².